The summed E-state index contributed by atoms with van der Waals surface area (Å²) in [5, 5.41) is 8.80. The van der Waals surface area contributed by atoms with Crippen molar-refractivity contribution in [3.05, 3.63) is 31.2 Å². The maximum atomic E-state index is 8.80. The maximum Gasteiger partial charge on any atom is 0.165 e. The molecule has 0 saturated carbocycles. The fourth-order valence-electron chi connectivity index (χ4n) is 2.38. The first-order valence-corrected chi connectivity index (χ1v) is 5.88. The van der Waals surface area contributed by atoms with Gasteiger partial charge in [-0.2, -0.15) is 0 Å². The van der Waals surface area contributed by atoms with Gasteiger partial charge in [0.05, 0.1) is 24.9 Å². The molecular formula is C12H14N4O2. The van der Waals surface area contributed by atoms with Gasteiger partial charge in [0, 0.05) is 5.92 Å². The lowest BCUT2D eigenvalue weighted by Gasteiger charge is -2.16. The molecule has 18 heavy (non-hydrogen) atoms. The standard InChI is InChI=1S/C12H14N4O2/c1-8-4-9(2-3-17)18-12(8)16-7-15-10-5-13-6-14-11(10)16/h2-3,5-9,12,17H,4H2,1H3. The molecule has 1 saturated heterocycles. The SMILES string of the molecule is CC1CC(C=CO)OC1n1cnc2cncnc21. The summed E-state index contributed by atoms with van der Waals surface area (Å²) in [4.78, 5) is 12.4. The number of imidazole rings is 1. The summed E-state index contributed by atoms with van der Waals surface area (Å²) in [7, 11) is 0. The van der Waals surface area contributed by atoms with Crippen molar-refractivity contribution in [1.82, 2.24) is 19.5 Å². The topological polar surface area (TPSA) is 73.1 Å². The number of rotatable bonds is 2. The van der Waals surface area contributed by atoms with Crippen LogP contribution in [-0.4, -0.2) is 30.7 Å². The number of aromatic nitrogens is 4. The van der Waals surface area contributed by atoms with Crippen molar-refractivity contribution in [2.75, 3.05) is 0 Å². The number of fused-ring (bicyclic) bond motifs is 1. The summed E-state index contributed by atoms with van der Waals surface area (Å²) in [6, 6.07) is 0. The summed E-state index contributed by atoms with van der Waals surface area (Å²) >= 11 is 0. The third-order valence-electron chi connectivity index (χ3n) is 3.22. The van der Waals surface area contributed by atoms with Gasteiger partial charge in [0.15, 0.2) is 5.65 Å². The zero-order valence-electron chi connectivity index (χ0n) is 9.97. The van der Waals surface area contributed by atoms with Crippen molar-refractivity contribution in [3.8, 4) is 0 Å². The molecule has 0 amide bonds. The van der Waals surface area contributed by atoms with Crippen LogP contribution >= 0.6 is 0 Å². The molecule has 3 unspecified atom stereocenters. The third-order valence-corrected chi connectivity index (χ3v) is 3.22. The molecule has 1 aliphatic rings. The molecule has 6 nitrogen and oxygen atoms in total. The van der Waals surface area contributed by atoms with Crippen molar-refractivity contribution >= 4 is 11.2 Å². The smallest absolute Gasteiger partial charge is 0.165 e. The highest BCUT2D eigenvalue weighted by molar-refractivity contribution is 5.68. The number of aliphatic hydroxyl groups excluding tert-OH is 1. The van der Waals surface area contributed by atoms with E-state index in [9.17, 15) is 0 Å². The second kappa shape index (κ2) is 4.38. The Morgan fingerprint density at radius 1 is 1.50 bits per heavy atom. The van der Waals surface area contributed by atoms with E-state index >= 15 is 0 Å². The maximum absolute atomic E-state index is 8.80. The molecule has 2 aromatic heterocycles. The van der Waals surface area contributed by atoms with Crippen LogP contribution in [-0.2, 0) is 4.74 Å². The van der Waals surface area contributed by atoms with Crippen LogP contribution in [0.4, 0.5) is 0 Å². The van der Waals surface area contributed by atoms with E-state index in [1.165, 1.54) is 6.33 Å². The first-order valence-electron chi connectivity index (χ1n) is 5.88. The first kappa shape index (κ1) is 11.2. The monoisotopic (exact) mass is 246 g/mol. The Labute approximate surface area is 104 Å². The zero-order chi connectivity index (χ0) is 12.5. The minimum absolute atomic E-state index is 0.0608. The number of hydrogen-bond donors (Lipinski definition) is 1. The van der Waals surface area contributed by atoms with Gasteiger partial charge in [-0.25, -0.2) is 15.0 Å². The Morgan fingerprint density at radius 2 is 2.39 bits per heavy atom. The van der Waals surface area contributed by atoms with Crippen molar-refractivity contribution in [2.45, 2.75) is 25.7 Å². The summed E-state index contributed by atoms with van der Waals surface area (Å²) in [6.45, 7) is 2.11. The van der Waals surface area contributed by atoms with Crippen molar-refractivity contribution in [1.29, 1.82) is 0 Å². The van der Waals surface area contributed by atoms with Gasteiger partial charge in [0.25, 0.3) is 0 Å². The Hall–Kier alpha value is -1.95. The molecule has 0 bridgehead atoms. The van der Waals surface area contributed by atoms with Crippen molar-refractivity contribution in [3.63, 3.8) is 0 Å². The first-order chi connectivity index (χ1) is 8.79. The molecule has 0 aliphatic carbocycles. The summed E-state index contributed by atoms with van der Waals surface area (Å²) in [6.07, 6.45) is 8.31. The van der Waals surface area contributed by atoms with E-state index in [1.54, 1.807) is 18.6 Å². The number of nitrogens with zero attached hydrogens (tertiary/aromatic N) is 4. The molecule has 0 radical (unpaired) electrons. The van der Waals surface area contributed by atoms with Crippen LogP contribution in [0.1, 0.15) is 19.6 Å². The lowest BCUT2D eigenvalue weighted by atomic mass is 10.1. The normalized spacial score (nSPS) is 28.4. The summed E-state index contributed by atoms with van der Waals surface area (Å²) in [5.41, 5.74) is 1.53. The molecule has 1 fully saturated rings. The molecule has 94 valence electrons. The predicted molar refractivity (Wildman–Crippen MR) is 64.8 cm³/mol. The summed E-state index contributed by atoms with van der Waals surface area (Å²) < 4.78 is 7.81. The lowest BCUT2D eigenvalue weighted by Crippen LogP contribution is -2.13. The molecule has 3 atom stereocenters. The molecule has 3 heterocycles. The fourth-order valence-corrected chi connectivity index (χ4v) is 2.38. The van der Waals surface area contributed by atoms with Gasteiger partial charge >= 0.3 is 0 Å². The second-order valence-corrected chi connectivity index (χ2v) is 4.50. The van der Waals surface area contributed by atoms with E-state index in [0.717, 1.165) is 23.8 Å². The van der Waals surface area contributed by atoms with Crippen LogP contribution in [0.2, 0.25) is 0 Å². The second-order valence-electron chi connectivity index (χ2n) is 4.50. The van der Waals surface area contributed by atoms with Crippen LogP contribution < -0.4 is 0 Å². The predicted octanol–water partition coefficient (Wildman–Crippen LogP) is 1.82. The number of ether oxygens (including phenoxy) is 1. The van der Waals surface area contributed by atoms with Gasteiger partial charge in [-0.1, -0.05) is 6.92 Å². The van der Waals surface area contributed by atoms with E-state index in [0.29, 0.717) is 5.92 Å². The highest BCUT2D eigenvalue weighted by atomic mass is 16.5. The van der Waals surface area contributed by atoms with Crippen LogP contribution in [0.25, 0.3) is 11.2 Å². The van der Waals surface area contributed by atoms with Crippen LogP contribution in [0.15, 0.2) is 31.2 Å². The average Bonchev–Trinajstić information content (AvgIpc) is 2.93. The van der Waals surface area contributed by atoms with Gasteiger partial charge in [-0.05, 0) is 12.5 Å². The third kappa shape index (κ3) is 1.74. The van der Waals surface area contributed by atoms with Crippen LogP contribution in [0.3, 0.4) is 0 Å². The molecule has 0 spiro atoms. The Balaban J connectivity index is 1.95. The van der Waals surface area contributed by atoms with Gasteiger partial charge in [0.2, 0.25) is 0 Å². The minimum atomic E-state index is -0.105. The Kier molecular flexibility index (Phi) is 2.71. The van der Waals surface area contributed by atoms with Crippen molar-refractivity contribution in [2.24, 2.45) is 5.92 Å². The van der Waals surface area contributed by atoms with E-state index in [2.05, 4.69) is 21.9 Å². The largest absolute Gasteiger partial charge is 0.516 e. The Bertz CT molecular complexity index is 580. The van der Waals surface area contributed by atoms with Crippen LogP contribution in [0, 0.1) is 5.92 Å². The number of aliphatic hydroxyl groups is 1. The quantitative estimate of drug-likeness (QED) is 0.818. The molecule has 0 aromatic carbocycles. The molecule has 6 heteroatoms. The Morgan fingerprint density at radius 3 is 3.22 bits per heavy atom. The summed E-state index contributed by atoms with van der Waals surface area (Å²) in [5.74, 6) is 0.332. The average molecular weight is 246 g/mol. The van der Waals surface area contributed by atoms with E-state index < -0.39 is 0 Å². The van der Waals surface area contributed by atoms with E-state index in [-0.39, 0.29) is 12.3 Å². The zero-order valence-corrected chi connectivity index (χ0v) is 9.97. The molecular weight excluding hydrogens is 232 g/mol. The molecule has 2 aromatic rings. The fraction of sp³-hybridized carbons (Fsp3) is 0.417. The van der Waals surface area contributed by atoms with Crippen LogP contribution in [0.5, 0.6) is 0 Å². The minimum Gasteiger partial charge on any atom is -0.516 e. The number of hydrogen-bond acceptors (Lipinski definition) is 5. The molecule has 3 rings (SSSR count). The van der Waals surface area contributed by atoms with Crippen molar-refractivity contribution < 1.29 is 9.84 Å². The van der Waals surface area contributed by atoms with E-state index in [4.69, 9.17) is 9.84 Å². The van der Waals surface area contributed by atoms with E-state index in [1.807, 2.05) is 4.57 Å². The van der Waals surface area contributed by atoms with Gasteiger partial charge < -0.3 is 9.84 Å². The highest BCUT2D eigenvalue weighted by Gasteiger charge is 2.33. The highest BCUT2D eigenvalue weighted by Crippen LogP contribution is 2.35. The lowest BCUT2D eigenvalue weighted by molar-refractivity contribution is 0.0104. The molecule has 1 aliphatic heterocycles. The van der Waals surface area contributed by atoms with Gasteiger partial charge in [-0.3, -0.25) is 4.57 Å². The van der Waals surface area contributed by atoms with Gasteiger partial charge in [-0.15, -0.1) is 0 Å². The van der Waals surface area contributed by atoms with Gasteiger partial charge in [0.1, 0.15) is 18.1 Å². The molecule has 1 N–H and O–H groups in total.